The first-order valence-corrected chi connectivity index (χ1v) is 9.58. The summed E-state index contributed by atoms with van der Waals surface area (Å²) in [6, 6.07) is 6.45. The van der Waals surface area contributed by atoms with E-state index in [1.54, 1.807) is 12.1 Å². The highest BCUT2D eigenvalue weighted by atomic mass is 16.5. The Morgan fingerprint density at radius 3 is 2.61 bits per heavy atom. The van der Waals surface area contributed by atoms with Gasteiger partial charge in [-0.05, 0) is 37.8 Å². The normalized spacial score (nSPS) is 20.5. The van der Waals surface area contributed by atoms with Crippen LogP contribution in [-0.4, -0.2) is 33.8 Å². The number of carbonyl (C=O) groups excluding carboxylic acids is 2. The molecule has 8 nitrogen and oxygen atoms in total. The number of fused-ring (bicyclic) bond motifs is 1. The number of amides is 1. The van der Waals surface area contributed by atoms with E-state index in [-0.39, 0.29) is 22.7 Å². The van der Waals surface area contributed by atoms with Crippen molar-refractivity contribution in [1.82, 2.24) is 15.1 Å². The number of carbonyl (C=O) groups is 2. The molecule has 28 heavy (non-hydrogen) atoms. The fourth-order valence-corrected chi connectivity index (χ4v) is 3.61. The molecule has 0 saturated heterocycles. The molecule has 0 radical (unpaired) electrons. The number of aromatic amines is 1. The molecule has 1 aliphatic rings. The van der Waals surface area contributed by atoms with Gasteiger partial charge < -0.3 is 10.1 Å². The number of esters is 1. The van der Waals surface area contributed by atoms with E-state index in [4.69, 9.17) is 4.74 Å². The molecule has 0 unspecified atom stereocenters. The minimum atomic E-state index is -0.982. The van der Waals surface area contributed by atoms with Crippen molar-refractivity contribution in [2.24, 2.45) is 5.92 Å². The highest BCUT2D eigenvalue weighted by Crippen LogP contribution is 2.23. The first-order chi connectivity index (χ1) is 13.4. The van der Waals surface area contributed by atoms with Crippen LogP contribution in [0.5, 0.6) is 0 Å². The molecular formula is C20H25N3O5. The Bertz CT molecular complexity index is 993. The van der Waals surface area contributed by atoms with E-state index in [9.17, 15) is 19.2 Å². The van der Waals surface area contributed by atoms with E-state index >= 15 is 0 Å². The second-order valence-electron chi connectivity index (χ2n) is 7.39. The zero-order valence-electron chi connectivity index (χ0n) is 16.1. The Kier molecular flexibility index (Phi) is 5.96. The number of aromatic nitrogens is 2. The lowest BCUT2D eigenvalue weighted by atomic mass is 9.86. The number of ether oxygens (including phenoxy) is 1. The summed E-state index contributed by atoms with van der Waals surface area (Å²) in [4.78, 5) is 49.1. The summed E-state index contributed by atoms with van der Waals surface area (Å²) >= 11 is 0. The van der Waals surface area contributed by atoms with Gasteiger partial charge in [-0.2, -0.15) is 0 Å². The van der Waals surface area contributed by atoms with Gasteiger partial charge in [0.1, 0.15) is 6.54 Å². The second-order valence-corrected chi connectivity index (χ2v) is 7.39. The number of hydrogen-bond acceptors (Lipinski definition) is 5. The lowest BCUT2D eigenvalue weighted by molar-refractivity contribution is -0.156. The van der Waals surface area contributed by atoms with Crippen LogP contribution >= 0.6 is 0 Å². The van der Waals surface area contributed by atoms with E-state index in [2.05, 4.69) is 17.3 Å². The Labute approximate surface area is 161 Å². The van der Waals surface area contributed by atoms with Gasteiger partial charge in [0, 0.05) is 6.04 Å². The van der Waals surface area contributed by atoms with Crippen LogP contribution in [0, 0.1) is 5.92 Å². The summed E-state index contributed by atoms with van der Waals surface area (Å²) in [5.41, 5.74) is -0.972. The molecular weight excluding hydrogens is 362 g/mol. The minimum absolute atomic E-state index is 0.0851. The number of H-pyrrole nitrogens is 1. The molecule has 0 bridgehead atoms. The van der Waals surface area contributed by atoms with Gasteiger partial charge >= 0.3 is 5.97 Å². The van der Waals surface area contributed by atoms with Gasteiger partial charge in [-0.25, -0.2) is 4.68 Å². The Balaban J connectivity index is 1.64. The summed E-state index contributed by atoms with van der Waals surface area (Å²) < 4.78 is 6.07. The van der Waals surface area contributed by atoms with Crippen LogP contribution in [0.3, 0.4) is 0 Å². The van der Waals surface area contributed by atoms with Crippen molar-refractivity contribution in [3.05, 3.63) is 45.0 Å². The van der Waals surface area contributed by atoms with Crippen LogP contribution in [-0.2, 0) is 20.9 Å². The van der Waals surface area contributed by atoms with Crippen molar-refractivity contribution in [2.75, 3.05) is 0 Å². The summed E-state index contributed by atoms with van der Waals surface area (Å²) in [6.45, 7) is 3.12. The van der Waals surface area contributed by atoms with Crippen molar-refractivity contribution in [1.29, 1.82) is 0 Å². The fourth-order valence-electron chi connectivity index (χ4n) is 3.61. The summed E-state index contributed by atoms with van der Waals surface area (Å²) in [5, 5.41) is 5.79. The van der Waals surface area contributed by atoms with Crippen LogP contribution in [0.4, 0.5) is 0 Å². The van der Waals surface area contributed by atoms with Gasteiger partial charge in [0.2, 0.25) is 0 Å². The van der Waals surface area contributed by atoms with Crippen molar-refractivity contribution in [3.63, 3.8) is 0 Å². The third-order valence-corrected chi connectivity index (χ3v) is 5.29. The minimum Gasteiger partial charge on any atom is -0.451 e. The number of benzene rings is 1. The second kappa shape index (κ2) is 8.41. The van der Waals surface area contributed by atoms with Crippen LogP contribution in [0.25, 0.3) is 10.8 Å². The molecule has 1 aromatic heterocycles. The maximum Gasteiger partial charge on any atom is 0.328 e. The molecule has 1 heterocycles. The highest BCUT2D eigenvalue weighted by molar-refractivity contribution is 5.84. The largest absolute Gasteiger partial charge is 0.451 e. The molecule has 1 fully saturated rings. The maximum atomic E-state index is 12.4. The van der Waals surface area contributed by atoms with Gasteiger partial charge in [0.05, 0.1) is 10.8 Å². The summed E-state index contributed by atoms with van der Waals surface area (Å²) in [7, 11) is 0. The van der Waals surface area contributed by atoms with E-state index in [0.717, 1.165) is 30.4 Å². The van der Waals surface area contributed by atoms with Gasteiger partial charge in [0.15, 0.2) is 6.10 Å². The molecule has 150 valence electrons. The predicted molar refractivity (Wildman–Crippen MR) is 104 cm³/mol. The lowest BCUT2D eigenvalue weighted by Crippen LogP contribution is -2.46. The van der Waals surface area contributed by atoms with Crippen LogP contribution in [0.1, 0.15) is 39.5 Å². The SMILES string of the molecule is C[C@@H](OC(=O)Cn1[nH]c(=O)c2ccccc2c1=O)C(=O)N[C@@H]1CCCC[C@@H]1C. The molecule has 1 aromatic carbocycles. The van der Waals surface area contributed by atoms with E-state index in [1.165, 1.54) is 19.1 Å². The summed E-state index contributed by atoms with van der Waals surface area (Å²) in [6.07, 6.45) is 3.24. The standard InChI is InChI=1S/C20H25N3O5/c1-12-7-3-6-10-16(12)21-18(25)13(2)28-17(24)11-23-20(27)15-9-5-4-8-14(15)19(26)22-23/h4-5,8-9,12-13,16H,3,6-7,10-11H2,1-2H3,(H,21,25)(H,22,26)/t12-,13+,16+/m0/s1. The van der Waals surface area contributed by atoms with E-state index in [0.29, 0.717) is 5.92 Å². The molecule has 0 spiro atoms. The van der Waals surface area contributed by atoms with Crippen molar-refractivity contribution < 1.29 is 14.3 Å². The van der Waals surface area contributed by atoms with Crippen LogP contribution in [0.2, 0.25) is 0 Å². The van der Waals surface area contributed by atoms with E-state index in [1.807, 2.05) is 0 Å². The Morgan fingerprint density at radius 1 is 1.21 bits per heavy atom. The molecule has 0 aliphatic heterocycles. The quantitative estimate of drug-likeness (QED) is 0.752. The predicted octanol–water partition coefficient (Wildman–Crippen LogP) is 1.32. The zero-order valence-corrected chi connectivity index (χ0v) is 16.1. The molecule has 3 rings (SSSR count). The van der Waals surface area contributed by atoms with Crippen molar-refractivity contribution in [2.45, 2.75) is 58.2 Å². The van der Waals surface area contributed by atoms with Crippen LogP contribution < -0.4 is 16.4 Å². The van der Waals surface area contributed by atoms with Gasteiger partial charge in [-0.15, -0.1) is 0 Å². The van der Waals surface area contributed by atoms with Crippen molar-refractivity contribution in [3.8, 4) is 0 Å². The average Bonchev–Trinajstić information content (AvgIpc) is 2.67. The van der Waals surface area contributed by atoms with Gasteiger partial charge in [-0.1, -0.05) is 31.9 Å². The molecule has 8 heteroatoms. The van der Waals surface area contributed by atoms with Crippen molar-refractivity contribution >= 4 is 22.6 Å². The highest BCUT2D eigenvalue weighted by Gasteiger charge is 2.26. The molecule has 3 atom stereocenters. The third-order valence-electron chi connectivity index (χ3n) is 5.29. The van der Waals surface area contributed by atoms with Crippen LogP contribution in [0.15, 0.2) is 33.9 Å². The number of rotatable bonds is 5. The summed E-state index contributed by atoms with van der Waals surface area (Å²) in [5.74, 6) is -0.735. The third kappa shape index (κ3) is 4.32. The average molecular weight is 387 g/mol. The van der Waals surface area contributed by atoms with Gasteiger partial charge in [0.25, 0.3) is 17.0 Å². The smallest absolute Gasteiger partial charge is 0.328 e. The molecule has 1 amide bonds. The topological polar surface area (TPSA) is 110 Å². The lowest BCUT2D eigenvalue weighted by Gasteiger charge is -2.30. The van der Waals surface area contributed by atoms with E-state index < -0.39 is 29.7 Å². The fraction of sp³-hybridized carbons (Fsp3) is 0.500. The van der Waals surface area contributed by atoms with Gasteiger partial charge in [-0.3, -0.25) is 24.3 Å². The first kappa shape index (κ1) is 19.9. The Hall–Kier alpha value is -2.90. The molecule has 1 saturated carbocycles. The Morgan fingerprint density at radius 2 is 1.89 bits per heavy atom. The number of nitrogens with one attached hydrogen (secondary N) is 2. The number of hydrogen-bond donors (Lipinski definition) is 2. The molecule has 2 N–H and O–H groups in total. The monoisotopic (exact) mass is 387 g/mol. The number of nitrogens with zero attached hydrogens (tertiary/aromatic N) is 1. The first-order valence-electron chi connectivity index (χ1n) is 9.58. The molecule has 2 aromatic rings. The maximum absolute atomic E-state index is 12.4. The zero-order chi connectivity index (χ0) is 20.3. The molecule has 1 aliphatic carbocycles.